The van der Waals surface area contributed by atoms with E-state index in [-0.39, 0.29) is 37.1 Å². The SMILES string of the molecule is COc1cccc([C@H]2CC(c3c(-c4ccccc4)c4ccc(Cl)cc4[nH]c3=O)=NN2C(=O)CCCC(=O)O)c1OC. The normalized spacial score (nSPS) is 14.7. The number of carboxylic acids is 1. The molecule has 1 aliphatic heterocycles. The number of pyridine rings is 1. The minimum absolute atomic E-state index is 0.0238. The maximum absolute atomic E-state index is 13.7. The lowest BCUT2D eigenvalue weighted by Gasteiger charge is -2.24. The molecule has 2 heterocycles. The van der Waals surface area contributed by atoms with E-state index >= 15 is 0 Å². The first-order valence-corrected chi connectivity index (χ1v) is 13.4. The number of hydrogen-bond donors (Lipinski definition) is 2. The second kappa shape index (κ2) is 11.9. The molecule has 0 aliphatic carbocycles. The van der Waals surface area contributed by atoms with Gasteiger partial charge in [-0.3, -0.25) is 14.4 Å². The molecule has 5 rings (SSSR count). The summed E-state index contributed by atoms with van der Waals surface area (Å²) in [4.78, 5) is 41.2. The number of hydrogen-bond acceptors (Lipinski definition) is 6. The molecule has 0 unspecified atom stereocenters. The molecule has 0 saturated carbocycles. The Morgan fingerprint density at radius 1 is 1.02 bits per heavy atom. The number of nitrogens with zero attached hydrogens (tertiary/aromatic N) is 2. The van der Waals surface area contributed by atoms with Gasteiger partial charge in [-0.25, -0.2) is 5.01 Å². The van der Waals surface area contributed by atoms with Gasteiger partial charge in [-0.05, 0) is 30.2 Å². The lowest BCUT2D eigenvalue weighted by atomic mass is 9.90. The zero-order valence-corrected chi connectivity index (χ0v) is 23.3. The van der Waals surface area contributed by atoms with Crippen molar-refractivity contribution in [3.05, 3.63) is 93.2 Å². The summed E-state index contributed by atoms with van der Waals surface area (Å²) in [6, 6.07) is 19.6. The largest absolute Gasteiger partial charge is 0.493 e. The maximum Gasteiger partial charge on any atom is 0.303 e. The summed E-state index contributed by atoms with van der Waals surface area (Å²) in [5.41, 5.74) is 3.12. The van der Waals surface area contributed by atoms with Crippen LogP contribution in [0, 0.1) is 0 Å². The van der Waals surface area contributed by atoms with Crippen LogP contribution in [0.4, 0.5) is 0 Å². The molecule has 3 aromatic carbocycles. The Morgan fingerprint density at radius 3 is 2.51 bits per heavy atom. The van der Waals surface area contributed by atoms with Crippen molar-refractivity contribution < 1.29 is 24.2 Å². The molecule has 2 N–H and O–H groups in total. The fourth-order valence-corrected chi connectivity index (χ4v) is 5.44. The van der Waals surface area contributed by atoms with E-state index in [1.165, 1.54) is 19.2 Å². The molecule has 1 amide bonds. The van der Waals surface area contributed by atoms with E-state index in [2.05, 4.69) is 4.98 Å². The number of rotatable bonds is 9. The fourth-order valence-electron chi connectivity index (χ4n) is 5.26. The number of H-pyrrole nitrogens is 1. The van der Waals surface area contributed by atoms with Crippen LogP contribution in [0.3, 0.4) is 0 Å². The highest BCUT2D eigenvalue weighted by molar-refractivity contribution is 6.31. The molecule has 0 fully saturated rings. The van der Waals surface area contributed by atoms with Gasteiger partial charge in [0.15, 0.2) is 11.5 Å². The number of nitrogens with one attached hydrogen (secondary N) is 1. The fraction of sp³-hybridized carbons (Fsp3) is 0.226. The van der Waals surface area contributed by atoms with Crippen molar-refractivity contribution in [1.82, 2.24) is 9.99 Å². The Morgan fingerprint density at radius 2 is 1.80 bits per heavy atom. The number of carboxylic acid groups (broad SMARTS) is 1. The van der Waals surface area contributed by atoms with Crippen LogP contribution >= 0.6 is 11.6 Å². The Labute approximate surface area is 241 Å². The van der Waals surface area contributed by atoms with Gasteiger partial charge in [-0.1, -0.05) is 60.1 Å². The number of amides is 1. The van der Waals surface area contributed by atoms with Gasteiger partial charge < -0.3 is 19.6 Å². The first-order valence-electron chi connectivity index (χ1n) is 13.1. The predicted octanol–water partition coefficient (Wildman–Crippen LogP) is 5.80. The molecule has 9 nitrogen and oxygen atoms in total. The van der Waals surface area contributed by atoms with Crippen LogP contribution in [-0.4, -0.2) is 46.9 Å². The number of aromatic nitrogens is 1. The zero-order chi connectivity index (χ0) is 29.1. The van der Waals surface area contributed by atoms with Crippen LogP contribution in [0.1, 0.15) is 42.9 Å². The van der Waals surface area contributed by atoms with Gasteiger partial charge in [0.25, 0.3) is 5.56 Å². The number of carbonyl (C=O) groups is 2. The van der Waals surface area contributed by atoms with Gasteiger partial charge in [0, 0.05) is 40.8 Å². The van der Waals surface area contributed by atoms with Crippen LogP contribution in [0.5, 0.6) is 11.5 Å². The standard InChI is InChI=1S/C31H28ClN3O6/c1-40-25-11-6-10-21(30(25)41-2)24-17-23(34-35(24)26(36)12-7-13-27(37)38)29-28(18-8-4-3-5-9-18)20-15-14-19(32)16-22(20)33-31(29)39/h3-6,8-11,14-16,24H,7,12-13,17H2,1-2H3,(H,33,39)(H,37,38)/t24-/m1/s1. The molecule has 0 saturated heterocycles. The summed E-state index contributed by atoms with van der Waals surface area (Å²) < 4.78 is 11.2. The van der Waals surface area contributed by atoms with E-state index in [4.69, 9.17) is 31.3 Å². The summed E-state index contributed by atoms with van der Waals surface area (Å²) in [5.74, 6) is -0.404. The quantitative estimate of drug-likeness (QED) is 0.261. The lowest BCUT2D eigenvalue weighted by molar-refractivity contribution is -0.137. The summed E-state index contributed by atoms with van der Waals surface area (Å²) in [6.07, 6.45) is 0.207. The minimum atomic E-state index is -0.982. The monoisotopic (exact) mass is 573 g/mol. The predicted molar refractivity (Wildman–Crippen MR) is 157 cm³/mol. The second-order valence-corrected chi connectivity index (χ2v) is 10.0. The van der Waals surface area contributed by atoms with Crippen LogP contribution < -0.4 is 15.0 Å². The van der Waals surface area contributed by atoms with E-state index in [1.54, 1.807) is 24.3 Å². The first kappa shape index (κ1) is 27.9. The molecule has 1 aliphatic rings. The van der Waals surface area contributed by atoms with Crippen LogP contribution in [-0.2, 0) is 9.59 Å². The number of ether oxygens (including phenoxy) is 2. The van der Waals surface area contributed by atoms with Crippen LogP contribution in [0.25, 0.3) is 22.0 Å². The highest BCUT2D eigenvalue weighted by atomic mass is 35.5. The molecule has 0 radical (unpaired) electrons. The Balaban J connectivity index is 1.69. The van der Waals surface area contributed by atoms with Gasteiger partial charge in [0.05, 0.1) is 37.1 Å². The van der Waals surface area contributed by atoms with Gasteiger partial charge >= 0.3 is 5.97 Å². The average molecular weight is 574 g/mol. The maximum atomic E-state index is 13.7. The molecular weight excluding hydrogens is 546 g/mol. The third kappa shape index (κ3) is 5.53. The summed E-state index contributed by atoms with van der Waals surface area (Å²) >= 11 is 6.24. The molecule has 210 valence electrons. The number of fused-ring (bicyclic) bond motifs is 1. The third-order valence-electron chi connectivity index (χ3n) is 7.07. The molecule has 0 bridgehead atoms. The molecule has 41 heavy (non-hydrogen) atoms. The Hall–Kier alpha value is -4.63. The molecule has 1 aromatic heterocycles. The van der Waals surface area contributed by atoms with E-state index in [0.29, 0.717) is 44.4 Å². The molecule has 1 atom stereocenters. The number of aromatic amines is 1. The second-order valence-electron chi connectivity index (χ2n) is 9.60. The molecular formula is C31H28ClN3O6. The smallest absolute Gasteiger partial charge is 0.303 e. The highest BCUT2D eigenvalue weighted by Crippen LogP contribution is 2.43. The number of aliphatic carboxylic acids is 1. The topological polar surface area (TPSA) is 121 Å². The summed E-state index contributed by atoms with van der Waals surface area (Å²) in [7, 11) is 3.05. The van der Waals surface area contributed by atoms with Gasteiger partial charge in [-0.15, -0.1) is 0 Å². The Bertz CT molecular complexity index is 1720. The number of hydrazone groups is 1. The molecule has 0 spiro atoms. The van der Waals surface area contributed by atoms with Gasteiger partial charge in [-0.2, -0.15) is 5.10 Å². The average Bonchev–Trinajstić information content (AvgIpc) is 3.41. The third-order valence-corrected chi connectivity index (χ3v) is 7.30. The summed E-state index contributed by atoms with van der Waals surface area (Å²) in [5, 5.41) is 16.4. The molecule has 10 heteroatoms. The number of carbonyl (C=O) groups excluding carboxylic acids is 1. The van der Waals surface area contributed by atoms with Crippen molar-refractivity contribution in [3.63, 3.8) is 0 Å². The van der Waals surface area contributed by atoms with Crippen molar-refractivity contribution in [2.75, 3.05) is 14.2 Å². The Kier molecular flexibility index (Phi) is 8.07. The van der Waals surface area contributed by atoms with Crippen molar-refractivity contribution in [2.45, 2.75) is 31.7 Å². The van der Waals surface area contributed by atoms with Crippen LogP contribution in [0.2, 0.25) is 5.02 Å². The number of methoxy groups -OCH3 is 2. The molecule has 4 aromatic rings. The van der Waals surface area contributed by atoms with E-state index in [0.717, 1.165) is 10.9 Å². The van der Waals surface area contributed by atoms with Crippen molar-refractivity contribution >= 4 is 40.1 Å². The highest BCUT2D eigenvalue weighted by Gasteiger charge is 2.37. The van der Waals surface area contributed by atoms with E-state index in [1.807, 2.05) is 42.5 Å². The number of para-hydroxylation sites is 1. The first-order chi connectivity index (χ1) is 19.8. The van der Waals surface area contributed by atoms with Crippen molar-refractivity contribution in [2.24, 2.45) is 5.10 Å². The lowest BCUT2D eigenvalue weighted by Crippen LogP contribution is -2.27. The minimum Gasteiger partial charge on any atom is -0.493 e. The van der Waals surface area contributed by atoms with Crippen molar-refractivity contribution in [3.8, 4) is 22.6 Å². The zero-order valence-electron chi connectivity index (χ0n) is 22.5. The van der Waals surface area contributed by atoms with Crippen molar-refractivity contribution in [1.29, 1.82) is 0 Å². The van der Waals surface area contributed by atoms with Gasteiger partial charge in [0.2, 0.25) is 5.91 Å². The number of halogens is 1. The van der Waals surface area contributed by atoms with Crippen LogP contribution in [0.15, 0.2) is 76.6 Å². The number of benzene rings is 3. The summed E-state index contributed by atoms with van der Waals surface area (Å²) in [6.45, 7) is 0. The van der Waals surface area contributed by atoms with E-state index < -0.39 is 12.0 Å². The van der Waals surface area contributed by atoms with Gasteiger partial charge in [0.1, 0.15) is 0 Å². The van der Waals surface area contributed by atoms with E-state index in [9.17, 15) is 14.4 Å².